The molecule has 0 saturated heterocycles. The second-order valence-electron chi connectivity index (χ2n) is 7.46. The molecule has 2 aromatic heterocycles. The number of hydrogen-bond acceptors (Lipinski definition) is 4. The first-order chi connectivity index (χ1) is 15.1. The predicted molar refractivity (Wildman–Crippen MR) is 117 cm³/mol. The maximum absolute atomic E-state index is 13.1. The van der Waals surface area contributed by atoms with E-state index in [1.54, 1.807) is 12.3 Å². The smallest absolute Gasteiger partial charge is 0.416 e. The summed E-state index contributed by atoms with van der Waals surface area (Å²) in [5, 5.41) is 9.49. The Morgan fingerprint density at radius 3 is 2.16 bits per heavy atom. The van der Waals surface area contributed by atoms with Gasteiger partial charge in [-0.3, -0.25) is 4.98 Å². The van der Waals surface area contributed by atoms with Crippen LogP contribution in [-0.4, -0.2) is 35.1 Å². The topological polar surface area (TPSA) is 66.3 Å². The highest BCUT2D eigenvalue weighted by Gasteiger charge is 2.31. The molecule has 0 atom stereocenters. The van der Waals surface area contributed by atoms with Gasteiger partial charge in [-0.1, -0.05) is 18.2 Å². The molecule has 0 fully saturated rings. The normalized spacial score (nSPS) is 11.5. The summed E-state index contributed by atoms with van der Waals surface area (Å²) in [5.41, 5.74) is 2.55. The molecule has 0 aliphatic carbocycles. The number of hydrogen-bond donors (Lipinski definition) is 1. The number of carboxylic acids is 1. The van der Waals surface area contributed by atoms with Crippen LogP contribution in [0.5, 0.6) is 0 Å². The van der Waals surface area contributed by atoms with Crippen molar-refractivity contribution >= 4 is 22.6 Å². The van der Waals surface area contributed by atoms with Crippen LogP contribution in [0.4, 0.5) is 18.9 Å². The van der Waals surface area contributed by atoms with Gasteiger partial charge in [0.1, 0.15) is 0 Å². The molecule has 0 radical (unpaired) electrons. The number of aromatic nitrogens is 2. The highest BCUT2D eigenvalue weighted by atomic mass is 19.4. The highest BCUT2D eigenvalue weighted by molar-refractivity contribution is 6.03. The number of carbonyl (C=O) groups is 1. The lowest BCUT2D eigenvalue weighted by Crippen LogP contribution is -2.07. The first-order valence-corrected chi connectivity index (χ1v) is 9.63. The fourth-order valence-corrected chi connectivity index (χ4v) is 3.38. The Morgan fingerprint density at radius 1 is 0.906 bits per heavy atom. The van der Waals surface area contributed by atoms with E-state index >= 15 is 0 Å². The SMILES string of the molecule is CN(C)c1ccc(-c2ccc(-c3cc(C(=O)O)c4cc(C(F)(F)F)ccc4n3)nc2)cc1. The second-order valence-corrected chi connectivity index (χ2v) is 7.46. The molecule has 8 heteroatoms. The van der Waals surface area contributed by atoms with Gasteiger partial charge in [-0.2, -0.15) is 13.2 Å². The summed E-state index contributed by atoms with van der Waals surface area (Å²) >= 11 is 0. The van der Waals surface area contributed by atoms with Gasteiger partial charge in [0, 0.05) is 36.9 Å². The summed E-state index contributed by atoms with van der Waals surface area (Å²) in [6.45, 7) is 0. The van der Waals surface area contributed by atoms with E-state index in [2.05, 4.69) is 9.97 Å². The number of fused-ring (bicyclic) bond motifs is 1. The largest absolute Gasteiger partial charge is 0.478 e. The fraction of sp³-hybridized carbons (Fsp3) is 0.125. The van der Waals surface area contributed by atoms with E-state index in [-0.39, 0.29) is 22.2 Å². The summed E-state index contributed by atoms with van der Waals surface area (Å²) in [7, 11) is 3.91. The maximum atomic E-state index is 13.1. The molecule has 2 heterocycles. The van der Waals surface area contributed by atoms with E-state index in [4.69, 9.17) is 0 Å². The summed E-state index contributed by atoms with van der Waals surface area (Å²) < 4.78 is 39.2. The van der Waals surface area contributed by atoms with Crippen molar-refractivity contribution in [2.45, 2.75) is 6.18 Å². The van der Waals surface area contributed by atoms with Crippen molar-refractivity contribution < 1.29 is 23.1 Å². The number of pyridine rings is 2. The summed E-state index contributed by atoms with van der Waals surface area (Å²) in [6, 6.07) is 15.6. The Bertz CT molecular complexity index is 1300. The molecule has 4 aromatic rings. The lowest BCUT2D eigenvalue weighted by atomic mass is 10.0. The molecule has 162 valence electrons. The van der Waals surface area contributed by atoms with Crippen LogP contribution in [0.15, 0.2) is 66.9 Å². The summed E-state index contributed by atoms with van der Waals surface area (Å²) in [4.78, 5) is 22.5. The van der Waals surface area contributed by atoms with Gasteiger partial charge in [-0.25, -0.2) is 9.78 Å². The van der Waals surface area contributed by atoms with Crippen molar-refractivity contribution in [2.75, 3.05) is 19.0 Å². The van der Waals surface area contributed by atoms with E-state index in [1.807, 2.05) is 49.3 Å². The number of benzene rings is 2. The van der Waals surface area contributed by atoms with E-state index in [0.717, 1.165) is 28.9 Å². The van der Waals surface area contributed by atoms with E-state index in [0.29, 0.717) is 5.69 Å². The van der Waals surface area contributed by atoms with Crippen molar-refractivity contribution in [1.82, 2.24) is 9.97 Å². The standard InChI is InChI=1S/C24H18F3N3O2/c1-30(2)17-7-3-14(4-8-17)15-5-9-21(28-13-15)22-12-19(23(31)32)18-11-16(24(25,26)27)6-10-20(18)29-22/h3-13H,1-2H3,(H,31,32). The Labute approximate surface area is 181 Å². The Kier molecular flexibility index (Phi) is 5.30. The minimum atomic E-state index is -4.58. The first-order valence-electron chi connectivity index (χ1n) is 9.63. The average Bonchev–Trinajstić information content (AvgIpc) is 2.77. The van der Waals surface area contributed by atoms with Crippen LogP contribution in [0, 0.1) is 0 Å². The third-order valence-corrected chi connectivity index (χ3v) is 5.11. The Morgan fingerprint density at radius 2 is 1.59 bits per heavy atom. The zero-order valence-electron chi connectivity index (χ0n) is 17.2. The van der Waals surface area contributed by atoms with Gasteiger partial charge < -0.3 is 10.0 Å². The van der Waals surface area contributed by atoms with E-state index < -0.39 is 17.7 Å². The first kappa shape index (κ1) is 21.3. The molecular weight excluding hydrogens is 419 g/mol. The maximum Gasteiger partial charge on any atom is 0.416 e. The molecule has 4 rings (SSSR count). The number of nitrogens with zero attached hydrogens (tertiary/aromatic N) is 3. The molecule has 0 spiro atoms. The molecule has 1 N–H and O–H groups in total. The molecule has 0 bridgehead atoms. The summed E-state index contributed by atoms with van der Waals surface area (Å²) in [5.74, 6) is -1.34. The monoisotopic (exact) mass is 437 g/mol. The van der Waals surface area contributed by atoms with Gasteiger partial charge in [-0.15, -0.1) is 0 Å². The minimum Gasteiger partial charge on any atom is -0.478 e. The van der Waals surface area contributed by atoms with Gasteiger partial charge in [-0.05, 0) is 48.0 Å². The second kappa shape index (κ2) is 7.96. The van der Waals surface area contributed by atoms with Crippen molar-refractivity contribution in [3.63, 3.8) is 0 Å². The molecule has 0 unspecified atom stereocenters. The minimum absolute atomic E-state index is 0.0753. The average molecular weight is 437 g/mol. The number of carboxylic acid groups (broad SMARTS) is 1. The summed E-state index contributed by atoms with van der Waals surface area (Å²) in [6.07, 6.45) is -2.93. The van der Waals surface area contributed by atoms with Crippen molar-refractivity contribution in [1.29, 1.82) is 0 Å². The molecular formula is C24H18F3N3O2. The molecule has 0 aliphatic heterocycles. The number of rotatable bonds is 4. The lowest BCUT2D eigenvalue weighted by Gasteiger charge is -2.13. The molecule has 5 nitrogen and oxygen atoms in total. The van der Waals surface area contributed by atoms with Gasteiger partial charge in [0.25, 0.3) is 0 Å². The van der Waals surface area contributed by atoms with Crippen LogP contribution in [0.3, 0.4) is 0 Å². The molecule has 0 aliphatic rings. The highest BCUT2D eigenvalue weighted by Crippen LogP contribution is 2.33. The number of alkyl halides is 3. The van der Waals surface area contributed by atoms with Gasteiger partial charge in [0.2, 0.25) is 0 Å². The molecule has 0 saturated carbocycles. The number of aromatic carboxylic acids is 1. The van der Waals surface area contributed by atoms with Crippen LogP contribution in [0.25, 0.3) is 33.4 Å². The zero-order valence-corrected chi connectivity index (χ0v) is 17.2. The lowest BCUT2D eigenvalue weighted by molar-refractivity contribution is -0.137. The van der Waals surface area contributed by atoms with Crippen LogP contribution in [0.1, 0.15) is 15.9 Å². The van der Waals surface area contributed by atoms with Crippen LogP contribution in [0.2, 0.25) is 0 Å². The predicted octanol–water partition coefficient (Wildman–Crippen LogP) is 5.75. The molecule has 32 heavy (non-hydrogen) atoms. The fourth-order valence-electron chi connectivity index (χ4n) is 3.38. The molecule has 2 aromatic carbocycles. The Hall–Kier alpha value is -3.94. The third kappa shape index (κ3) is 4.12. The van der Waals surface area contributed by atoms with E-state index in [1.165, 1.54) is 12.1 Å². The van der Waals surface area contributed by atoms with E-state index in [9.17, 15) is 23.1 Å². The number of halogens is 3. The van der Waals surface area contributed by atoms with Crippen molar-refractivity contribution in [2.24, 2.45) is 0 Å². The van der Waals surface area contributed by atoms with Gasteiger partial charge >= 0.3 is 12.1 Å². The zero-order chi connectivity index (χ0) is 23.0. The van der Waals surface area contributed by atoms with Crippen molar-refractivity contribution in [3.8, 4) is 22.5 Å². The van der Waals surface area contributed by atoms with Crippen LogP contribution >= 0.6 is 0 Å². The quantitative estimate of drug-likeness (QED) is 0.441. The van der Waals surface area contributed by atoms with Gasteiger partial charge in [0.15, 0.2) is 0 Å². The van der Waals surface area contributed by atoms with Gasteiger partial charge in [0.05, 0.1) is 28.0 Å². The third-order valence-electron chi connectivity index (χ3n) is 5.11. The van der Waals surface area contributed by atoms with Crippen LogP contribution < -0.4 is 4.90 Å². The molecule has 0 amide bonds. The Balaban J connectivity index is 1.73. The van der Waals surface area contributed by atoms with Crippen molar-refractivity contribution in [3.05, 3.63) is 78.0 Å². The number of anilines is 1. The van der Waals surface area contributed by atoms with Crippen LogP contribution in [-0.2, 0) is 6.18 Å².